The Morgan fingerprint density at radius 1 is 1.08 bits per heavy atom. The van der Waals surface area contributed by atoms with Crippen LogP contribution in [0.3, 0.4) is 0 Å². The summed E-state index contributed by atoms with van der Waals surface area (Å²) < 4.78 is 2.33. The number of hydrogen-bond acceptors (Lipinski definition) is 0. The lowest BCUT2D eigenvalue weighted by molar-refractivity contribution is 1.43. The normalized spacial score (nSPS) is 10.7. The zero-order valence-corrected chi connectivity index (χ0v) is 10.3. The van der Waals surface area contributed by atoms with Gasteiger partial charge in [0.25, 0.3) is 0 Å². The van der Waals surface area contributed by atoms with Crippen LogP contribution in [-0.2, 0) is 0 Å². The van der Waals surface area contributed by atoms with Crippen LogP contribution in [0.25, 0.3) is 10.8 Å². The third kappa shape index (κ3) is 1.53. The molecule has 0 unspecified atom stereocenters. The molecule has 0 amide bonds. The fourth-order valence-corrected chi connectivity index (χ4v) is 2.66. The van der Waals surface area contributed by atoms with E-state index in [0.717, 1.165) is 4.47 Å². The first-order valence-corrected chi connectivity index (χ1v) is 5.62. The van der Waals surface area contributed by atoms with Gasteiger partial charge in [0.05, 0.1) is 0 Å². The van der Waals surface area contributed by atoms with E-state index in [0.29, 0.717) is 0 Å². The molecule has 0 spiro atoms. The van der Waals surface area contributed by atoms with Crippen molar-refractivity contribution >= 4 is 42.6 Å². The van der Waals surface area contributed by atoms with Crippen molar-refractivity contribution in [3.05, 3.63) is 44.8 Å². The topological polar surface area (TPSA) is 0 Å². The molecule has 2 heteroatoms. The van der Waals surface area contributed by atoms with E-state index in [1.807, 2.05) is 0 Å². The monoisotopic (exact) mass is 298 g/mol. The zero-order chi connectivity index (χ0) is 9.42. The Bertz CT molecular complexity index is 461. The van der Waals surface area contributed by atoms with Gasteiger partial charge in [0.2, 0.25) is 0 Å². The van der Waals surface area contributed by atoms with Gasteiger partial charge in [-0.05, 0) is 45.3 Å². The molecule has 0 saturated heterocycles. The first kappa shape index (κ1) is 9.22. The molecule has 66 valence electrons. The maximum absolute atomic E-state index is 3.60. The van der Waals surface area contributed by atoms with Crippen LogP contribution in [0.4, 0.5) is 0 Å². The summed E-state index contributed by atoms with van der Waals surface area (Å²) in [6, 6.07) is 10.5. The zero-order valence-electron chi connectivity index (χ0n) is 7.14. The van der Waals surface area contributed by atoms with Gasteiger partial charge in [0.1, 0.15) is 0 Å². The van der Waals surface area contributed by atoms with Gasteiger partial charge >= 0.3 is 0 Å². The Balaban J connectivity index is 2.94. The molecule has 0 fully saturated rings. The van der Waals surface area contributed by atoms with E-state index >= 15 is 0 Å². The summed E-state index contributed by atoms with van der Waals surface area (Å²) in [4.78, 5) is 0. The van der Waals surface area contributed by atoms with Crippen molar-refractivity contribution in [1.29, 1.82) is 0 Å². The van der Waals surface area contributed by atoms with Crippen molar-refractivity contribution in [2.24, 2.45) is 0 Å². The van der Waals surface area contributed by atoms with Gasteiger partial charge in [0, 0.05) is 8.95 Å². The maximum Gasteiger partial charge on any atom is 0.0294 e. The SMILES string of the molecule is Cc1c(Br)cc2ccccc2c1Br. The molecule has 13 heavy (non-hydrogen) atoms. The summed E-state index contributed by atoms with van der Waals surface area (Å²) in [5.41, 5.74) is 1.25. The summed E-state index contributed by atoms with van der Waals surface area (Å²) in [5.74, 6) is 0. The van der Waals surface area contributed by atoms with Gasteiger partial charge in [-0.3, -0.25) is 0 Å². The summed E-state index contributed by atoms with van der Waals surface area (Å²) in [7, 11) is 0. The van der Waals surface area contributed by atoms with Crippen LogP contribution in [-0.4, -0.2) is 0 Å². The highest BCUT2D eigenvalue weighted by Crippen LogP contribution is 2.32. The third-order valence-corrected chi connectivity index (χ3v) is 4.01. The molecule has 0 nitrogen and oxygen atoms in total. The van der Waals surface area contributed by atoms with Crippen molar-refractivity contribution in [2.75, 3.05) is 0 Å². The summed E-state index contributed by atoms with van der Waals surface area (Å²) in [5, 5.41) is 2.52. The number of fused-ring (bicyclic) bond motifs is 1. The average molecular weight is 300 g/mol. The minimum Gasteiger partial charge on any atom is -0.0616 e. The fourth-order valence-electron chi connectivity index (χ4n) is 1.37. The van der Waals surface area contributed by atoms with E-state index in [9.17, 15) is 0 Å². The molecule has 2 aromatic rings. The molecular weight excluding hydrogens is 292 g/mol. The summed E-state index contributed by atoms with van der Waals surface area (Å²) in [6.07, 6.45) is 0. The fraction of sp³-hybridized carbons (Fsp3) is 0.0909. The molecule has 0 saturated carbocycles. The second-order valence-corrected chi connectivity index (χ2v) is 4.67. The van der Waals surface area contributed by atoms with Crippen molar-refractivity contribution < 1.29 is 0 Å². The van der Waals surface area contributed by atoms with Gasteiger partial charge in [-0.25, -0.2) is 0 Å². The van der Waals surface area contributed by atoms with Gasteiger partial charge in [-0.15, -0.1) is 0 Å². The molecule has 0 heterocycles. The van der Waals surface area contributed by atoms with E-state index in [1.54, 1.807) is 0 Å². The molecule has 0 bridgehead atoms. The number of hydrogen-bond donors (Lipinski definition) is 0. The summed E-state index contributed by atoms with van der Waals surface area (Å²) >= 11 is 7.14. The maximum atomic E-state index is 3.60. The van der Waals surface area contributed by atoms with Gasteiger partial charge < -0.3 is 0 Å². The van der Waals surface area contributed by atoms with Crippen LogP contribution in [0, 0.1) is 6.92 Å². The minimum atomic E-state index is 1.15. The number of halogens is 2. The van der Waals surface area contributed by atoms with Gasteiger partial charge in [-0.1, -0.05) is 40.2 Å². The average Bonchev–Trinajstić information content (AvgIpc) is 2.15. The molecule has 0 aliphatic rings. The Morgan fingerprint density at radius 2 is 1.77 bits per heavy atom. The molecule has 2 aromatic carbocycles. The smallest absolute Gasteiger partial charge is 0.0294 e. The molecule has 0 N–H and O–H groups in total. The van der Waals surface area contributed by atoms with E-state index in [2.05, 4.69) is 69.1 Å². The molecule has 0 aromatic heterocycles. The lowest BCUT2D eigenvalue weighted by Crippen LogP contribution is -1.81. The third-order valence-electron chi connectivity index (χ3n) is 2.17. The largest absolute Gasteiger partial charge is 0.0616 e. The van der Waals surface area contributed by atoms with Crippen LogP contribution < -0.4 is 0 Å². The van der Waals surface area contributed by atoms with Crippen LogP contribution in [0.1, 0.15) is 5.56 Å². The van der Waals surface area contributed by atoms with Crippen molar-refractivity contribution in [2.45, 2.75) is 6.92 Å². The lowest BCUT2D eigenvalue weighted by Gasteiger charge is -2.06. The second-order valence-electron chi connectivity index (χ2n) is 3.02. The Hall–Kier alpha value is -0.340. The van der Waals surface area contributed by atoms with Crippen LogP contribution >= 0.6 is 31.9 Å². The van der Waals surface area contributed by atoms with E-state index < -0.39 is 0 Å². The van der Waals surface area contributed by atoms with E-state index in [1.165, 1.54) is 20.8 Å². The first-order valence-electron chi connectivity index (χ1n) is 4.03. The molecule has 0 aliphatic heterocycles. The molecule has 0 radical (unpaired) electrons. The predicted octanol–water partition coefficient (Wildman–Crippen LogP) is 4.67. The number of benzene rings is 2. The highest BCUT2D eigenvalue weighted by atomic mass is 79.9. The Morgan fingerprint density at radius 3 is 2.54 bits per heavy atom. The van der Waals surface area contributed by atoms with E-state index in [-0.39, 0.29) is 0 Å². The molecule has 0 atom stereocenters. The standard InChI is InChI=1S/C11H8Br2/c1-7-10(12)6-8-4-2-3-5-9(8)11(7)13/h2-6H,1H3. The van der Waals surface area contributed by atoms with Crippen LogP contribution in [0.5, 0.6) is 0 Å². The molecule has 0 aliphatic carbocycles. The molecule has 2 rings (SSSR count). The van der Waals surface area contributed by atoms with Crippen LogP contribution in [0.15, 0.2) is 39.3 Å². The van der Waals surface area contributed by atoms with Crippen molar-refractivity contribution in [3.63, 3.8) is 0 Å². The lowest BCUT2D eigenvalue weighted by atomic mass is 10.1. The quantitative estimate of drug-likeness (QED) is 0.663. The van der Waals surface area contributed by atoms with E-state index in [4.69, 9.17) is 0 Å². The first-order chi connectivity index (χ1) is 6.20. The Labute approximate surface area is 94.2 Å². The summed E-state index contributed by atoms with van der Waals surface area (Å²) in [6.45, 7) is 2.10. The highest BCUT2D eigenvalue weighted by molar-refractivity contribution is 9.11. The predicted molar refractivity (Wildman–Crippen MR) is 64.1 cm³/mol. The number of rotatable bonds is 0. The highest BCUT2D eigenvalue weighted by Gasteiger charge is 2.04. The minimum absolute atomic E-state index is 1.15. The van der Waals surface area contributed by atoms with Crippen molar-refractivity contribution in [3.8, 4) is 0 Å². The Kier molecular flexibility index (Phi) is 2.43. The van der Waals surface area contributed by atoms with Crippen molar-refractivity contribution in [1.82, 2.24) is 0 Å². The molecular formula is C11H8Br2. The van der Waals surface area contributed by atoms with Crippen LogP contribution in [0.2, 0.25) is 0 Å². The second kappa shape index (κ2) is 3.43. The van der Waals surface area contributed by atoms with Gasteiger partial charge in [-0.2, -0.15) is 0 Å². The van der Waals surface area contributed by atoms with Gasteiger partial charge in [0.15, 0.2) is 0 Å².